The highest BCUT2D eigenvalue weighted by Crippen LogP contribution is 2.56. The molecule has 0 N–H and O–H groups in total. The summed E-state index contributed by atoms with van der Waals surface area (Å²) in [5.41, 5.74) is 0.879. The largest absolute Gasteiger partial charge is 0.341 e. The zero-order valence-electron chi connectivity index (χ0n) is 10.6. The van der Waals surface area contributed by atoms with E-state index in [-0.39, 0.29) is 19.0 Å². The molecule has 4 nitrogen and oxygen atoms in total. The maximum atomic E-state index is 12.6. The summed E-state index contributed by atoms with van der Waals surface area (Å²) < 4.78 is 23.2. The van der Waals surface area contributed by atoms with Crippen molar-refractivity contribution in [3.8, 4) is 0 Å². The van der Waals surface area contributed by atoms with Gasteiger partial charge in [0.2, 0.25) is 0 Å². The van der Waals surface area contributed by atoms with Crippen LogP contribution in [0.3, 0.4) is 0 Å². The van der Waals surface area contributed by atoms with Crippen LogP contribution in [0.4, 0.5) is 0 Å². The van der Waals surface area contributed by atoms with Crippen LogP contribution in [0.25, 0.3) is 0 Å². The minimum Gasteiger partial charge on any atom is -0.308 e. The van der Waals surface area contributed by atoms with Crippen molar-refractivity contribution in [2.45, 2.75) is 25.9 Å². The van der Waals surface area contributed by atoms with Crippen LogP contribution in [0, 0.1) is 0 Å². The molecule has 0 saturated heterocycles. The number of carbonyl (C=O) groups is 1. The van der Waals surface area contributed by atoms with Gasteiger partial charge in [-0.15, -0.1) is 0 Å². The lowest BCUT2D eigenvalue weighted by molar-refractivity contribution is 0.0980. The molecule has 0 bridgehead atoms. The molecule has 1 aliphatic rings. The molecule has 1 aromatic rings. The maximum Gasteiger partial charge on any atom is 0.341 e. The molecule has 18 heavy (non-hydrogen) atoms. The lowest BCUT2D eigenvalue weighted by Crippen LogP contribution is -2.19. The zero-order chi connectivity index (χ0) is 13.2. The minimum absolute atomic E-state index is 0.129. The predicted molar refractivity (Wildman–Crippen MR) is 69.1 cm³/mol. The summed E-state index contributed by atoms with van der Waals surface area (Å²) in [6.45, 7) is 4.05. The number of carbonyl (C=O) groups excluding carboxylic acids is 1. The Morgan fingerprint density at radius 1 is 1.22 bits per heavy atom. The monoisotopic (exact) mass is 268 g/mol. The Morgan fingerprint density at radius 3 is 2.39 bits per heavy atom. The third kappa shape index (κ3) is 2.28. The van der Waals surface area contributed by atoms with E-state index in [4.69, 9.17) is 9.05 Å². The molecule has 0 radical (unpaired) electrons. The van der Waals surface area contributed by atoms with Crippen molar-refractivity contribution in [3.05, 3.63) is 35.4 Å². The van der Waals surface area contributed by atoms with Crippen molar-refractivity contribution in [1.82, 2.24) is 0 Å². The summed E-state index contributed by atoms with van der Waals surface area (Å²) in [7, 11) is -3.36. The third-order valence-corrected chi connectivity index (χ3v) is 5.42. The first kappa shape index (κ1) is 13.5. The van der Waals surface area contributed by atoms with E-state index in [0.717, 1.165) is 5.56 Å². The van der Waals surface area contributed by atoms with Gasteiger partial charge in [-0.3, -0.25) is 9.36 Å². The number of Topliss-reactive ketones (excluding diaryl/α,β-unsaturated/α-hetero) is 1. The number of hydrogen-bond donors (Lipinski definition) is 0. The van der Waals surface area contributed by atoms with Crippen LogP contribution in [0.2, 0.25) is 0 Å². The molecule has 5 heteroatoms. The van der Waals surface area contributed by atoms with Crippen molar-refractivity contribution in [2.75, 3.05) is 13.2 Å². The fourth-order valence-corrected chi connectivity index (χ4v) is 4.25. The summed E-state index contributed by atoms with van der Waals surface area (Å²) >= 11 is 0. The molecular formula is C13H17O4P. The van der Waals surface area contributed by atoms with Crippen LogP contribution < -0.4 is 0 Å². The van der Waals surface area contributed by atoms with Crippen molar-refractivity contribution in [1.29, 1.82) is 0 Å². The average Bonchev–Trinajstić information content (AvgIpc) is 2.69. The van der Waals surface area contributed by atoms with E-state index < -0.39 is 13.3 Å². The number of ketones is 1. The second-order valence-electron chi connectivity index (χ2n) is 4.12. The first-order valence-electron chi connectivity index (χ1n) is 6.13. The summed E-state index contributed by atoms with van der Waals surface area (Å²) in [5.74, 6) is -0.129. The van der Waals surface area contributed by atoms with Gasteiger partial charge in [0.1, 0.15) is 5.66 Å². The zero-order valence-corrected chi connectivity index (χ0v) is 11.5. The summed E-state index contributed by atoms with van der Waals surface area (Å²) in [6.07, 6.45) is 0.437. The van der Waals surface area contributed by atoms with Gasteiger partial charge in [0.05, 0.1) is 13.2 Å². The van der Waals surface area contributed by atoms with Crippen LogP contribution in [-0.2, 0) is 20.0 Å². The van der Waals surface area contributed by atoms with Gasteiger partial charge in [0.25, 0.3) is 0 Å². The number of fused-ring (bicyclic) bond motifs is 1. The molecule has 0 fully saturated rings. The fourth-order valence-electron chi connectivity index (χ4n) is 2.25. The number of benzene rings is 1. The van der Waals surface area contributed by atoms with E-state index in [9.17, 15) is 9.36 Å². The average molecular weight is 268 g/mol. The second-order valence-corrected chi connectivity index (χ2v) is 6.34. The highest BCUT2D eigenvalue weighted by Gasteiger charge is 2.45. The third-order valence-electron chi connectivity index (χ3n) is 3.00. The van der Waals surface area contributed by atoms with E-state index in [1.54, 1.807) is 19.9 Å². The number of rotatable bonds is 5. The smallest absolute Gasteiger partial charge is 0.308 e. The Bertz CT molecular complexity index is 488. The summed E-state index contributed by atoms with van der Waals surface area (Å²) in [6, 6.07) is 7.33. The van der Waals surface area contributed by atoms with Crippen molar-refractivity contribution < 1.29 is 18.4 Å². The molecule has 0 saturated carbocycles. The summed E-state index contributed by atoms with van der Waals surface area (Å²) in [5, 5.41) is 0. The van der Waals surface area contributed by atoms with Crippen molar-refractivity contribution in [2.24, 2.45) is 0 Å². The van der Waals surface area contributed by atoms with Gasteiger partial charge in [-0.05, 0) is 25.8 Å². The standard InChI is InChI=1S/C13H17O4P/c1-3-16-18(15,17-4-2)12-9-10-7-5-6-8-11(10)13(12)14/h5-8,12H,3-4,9H2,1-2H3/t12-/m1/s1. The SMILES string of the molecule is CCOP(=O)(OCC)[C@@H]1Cc2ccccc2C1=O. The van der Waals surface area contributed by atoms with E-state index >= 15 is 0 Å². The Hall–Kier alpha value is -0.960. The molecule has 0 aliphatic heterocycles. The van der Waals surface area contributed by atoms with Gasteiger partial charge < -0.3 is 9.05 Å². The molecule has 2 rings (SSSR count). The molecule has 1 aromatic carbocycles. The van der Waals surface area contributed by atoms with E-state index in [1.165, 1.54) is 0 Å². The van der Waals surface area contributed by atoms with Crippen molar-refractivity contribution >= 4 is 13.4 Å². The van der Waals surface area contributed by atoms with Gasteiger partial charge in [-0.1, -0.05) is 24.3 Å². The minimum atomic E-state index is -3.36. The number of hydrogen-bond acceptors (Lipinski definition) is 4. The molecule has 98 valence electrons. The Labute approximate surface area is 107 Å². The highest BCUT2D eigenvalue weighted by molar-refractivity contribution is 7.55. The predicted octanol–water partition coefficient (Wildman–Crippen LogP) is 3.06. The van der Waals surface area contributed by atoms with Crippen LogP contribution in [0.15, 0.2) is 24.3 Å². The first-order valence-corrected chi connectivity index (χ1v) is 7.74. The van der Waals surface area contributed by atoms with Gasteiger partial charge in [-0.25, -0.2) is 0 Å². The molecular weight excluding hydrogens is 251 g/mol. The van der Waals surface area contributed by atoms with Crippen LogP contribution in [0.1, 0.15) is 29.8 Å². The van der Waals surface area contributed by atoms with Crippen LogP contribution in [0.5, 0.6) is 0 Å². The van der Waals surface area contributed by atoms with Gasteiger partial charge in [-0.2, -0.15) is 0 Å². The second kappa shape index (κ2) is 5.35. The van der Waals surface area contributed by atoms with Crippen LogP contribution in [-0.4, -0.2) is 24.7 Å². The molecule has 0 unspecified atom stereocenters. The molecule has 0 amide bonds. The molecule has 0 heterocycles. The molecule has 0 aromatic heterocycles. The lowest BCUT2D eigenvalue weighted by atomic mass is 10.1. The van der Waals surface area contributed by atoms with E-state index in [2.05, 4.69) is 0 Å². The van der Waals surface area contributed by atoms with E-state index in [0.29, 0.717) is 12.0 Å². The normalized spacial score (nSPS) is 19.0. The Morgan fingerprint density at radius 2 is 1.83 bits per heavy atom. The topological polar surface area (TPSA) is 52.6 Å². The molecule has 1 aliphatic carbocycles. The van der Waals surface area contributed by atoms with Gasteiger partial charge >= 0.3 is 7.60 Å². The lowest BCUT2D eigenvalue weighted by Gasteiger charge is -2.21. The van der Waals surface area contributed by atoms with E-state index in [1.807, 2.05) is 18.2 Å². The molecule has 0 spiro atoms. The fraction of sp³-hybridized carbons (Fsp3) is 0.462. The first-order chi connectivity index (χ1) is 8.62. The Kier molecular flexibility index (Phi) is 4.00. The quantitative estimate of drug-likeness (QED) is 0.770. The van der Waals surface area contributed by atoms with Crippen LogP contribution >= 0.6 is 7.60 Å². The molecule has 1 atom stereocenters. The maximum absolute atomic E-state index is 12.6. The Balaban J connectivity index is 2.31. The summed E-state index contributed by atoms with van der Waals surface area (Å²) in [4.78, 5) is 12.3. The van der Waals surface area contributed by atoms with Gasteiger partial charge in [0, 0.05) is 5.56 Å². The van der Waals surface area contributed by atoms with Gasteiger partial charge in [0.15, 0.2) is 5.78 Å². The van der Waals surface area contributed by atoms with Crippen molar-refractivity contribution in [3.63, 3.8) is 0 Å². The highest BCUT2D eigenvalue weighted by atomic mass is 31.2.